The zero-order chi connectivity index (χ0) is 29.1. The highest BCUT2D eigenvalue weighted by molar-refractivity contribution is 7.90. The number of ether oxygens (including phenoxy) is 4. The van der Waals surface area contributed by atoms with E-state index >= 15 is 0 Å². The van der Waals surface area contributed by atoms with Gasteiger partial charge in [-0.05, 0) is 84.8 Å². The summed E-state index contributed by atoms with van der Waals surface area (Å²) in [6.07, 6.45) is 2.97. The highest BCUT2D eigenvalue weighted by Crippen LogP contribution is 2.49. The lowest BCUT2D eigenvalue weighted by molar-refractivity contribution is -0.144. The number of hydrogen-bond acceptors (Lipinski definition) is 7. The van der Waals surface area contributed by atoms with Crippen molar-refractivity contribution in [1.82, 2.24) is 0 Å². The van der Waals surface area contributed by atoms with E-state index in [0.717, 1.165) is 33.6 Å². The van der Waals surface area contributed by atoms with Crippen molar-refractivity contribution in [3.05, 3.63) is 76.6 Å². The van der Waals surface area contributed by atoms with Crippen molar-refractivity contribution in [1.29, 1.82) is 0 Å². The molecule has 0 aromatic heterocycles. The molecule has 3 aromatic rings. The van der Waals surface area contributed by atoms with E-state index in [0.29, 0.717) is 56.1 Å². The fourth-order valence-corrected chi connectivity index (χ4v) is 6.02. The smallest absolute Gasteiger partial charge is 0.309 e. The number of halogens is 1. The lowest BCUT2D eigenvalue weighted by atomic mass is 9.92. The summed E-state index contributed by atoms with van der Waals surface area (Å²) in [4.78, 5) is 11.9. The summed E-state index contributed by atoms with van der Waals surface area (Å²) in [6.45, 7) is 5.21. The van der Waals surface area contributed by atoms with Crippen LogP contribution in [-0.2, 0) is 32.4 Å². The summed E-state index contributed by atoms with van der Waals surface area (Å²) >= 11 is 0. The third-order valence-electron chi connectivity index (χ3n) is 7.42. The Morgan fingerprint density at radius 2 is 1.90 bits per heavy atom. The van der Waals surface area contributed by atoms with Crippen LogP contribution in [0.25, 0.3) is 11.1 Å². The molecule has 218 valence electrons. The Bertz CT molecular complexity index is 1550. The topological polar surface area (TPSA) is 88.1 Å². The van der Waals surface area contributed by atoms with Crippen LogP contribution in [0.1, 0.15) is 47.9 Å². The van der Waals surface area contributed by atoms with Crippen molar-refractivity contribution < 1.29 is 36.6 Å². The number of rotatable bonds is 11. The van der Waals surface area contributed by atoms with Crippen LogP contribution in [0.15, 0.2) is 48.5 Å². The summed E-state index contributed by atoms with van der Waals surface area (Å²) < 4.78 is 60.6. The van der Waals surface area contributed by atoms with E-state index in [1.54, 1.807) is 19.1 Å². The van der Waals surface area contributed by atoms with Gasteiger partial charge in [0.15, 0.2) is 0 Å². The van der Waals surface area contributed by atoms with E-state index in [1.165, 1.54) is 12.3 Å². The van der Waals surface area contributed by atoms with Crippen molar-refractivity contribution >= 4 is 15.8 Å². The molecule has 0 saturated heterocycles. The summed E-state index contributed by atoms with van der Waals surface area (Å²) in [5.41, 5.74) is 5.60. The van der Waals surface area contributed by atoms with E-state index in [-0.39, 0.29) is 36.0 Å². The van der Waals surface area contributed by atoms with Gasteiger partial charge in [-0.15, -0.1) is 0 Å². The first kappa shape index (κ1) is 28.9. The maximum absolute atomic E-state index is 14.9. The predicted octanol–water partition coefficient (Wildman–Crippen LogP) is 5.80. The number of carbonyl (C=O) groups excluding carboxylic acids is 1. The summed E-state index contributed by atoms with van der Waals surface area (Å²) in [6, 6.07) is 14.7. The first-order valence-electron chi connectivity index (χ1n) is 13.9. The molecule has 2 aliphatic rings. The van der Waals surface area contributed by atoms with E-state index in [1.807, 2.05) is 37.3 Å². The monoisotopic (exact) mass is 582 g/mol. The molecule has 0 bridgehead atoms. The predicted molar refractivity (Wildman–Crippen MR) is 154 cm³/mol. The Labute approximate surface area is 240 Å². The standard InChI is InChI=1S/C32H35FO7S/c1-4-37-32(34)27-18-26(27)25-8-7-23(17-29(25)33)40-19-21-6-9-30-28(15-21)31-20(2)14-24(16-22(31)10-12-39-30)38-11-5-13-41(3,35)36/h6-9,14-17,26-27H,4-5,10-13,18-19H2,1-3H3/t26-,27+/m1/s1. The summed E-state index contributed by atoms with van der Waals surface area (Å²) in [5, 5.41) is 0. The first-order valence-corrected chi connectivity index (χ1v) is 16.0. The minimum atomic E-state index is -3.02. The molecular weight excluding hydrogens is 547 g/mol. The number of hydrogen-bond donors (Lipinski definition) is 0. The zero-order valence-corrected chi connectivity index (χ0v) is 24.4. The quantitative estimate of drug-likeness (QED) is 0.209. The number of fused-ring (bicyclic) bond motifs is 3. The van der Waals surface area contributed by atoms with Gasteiger partial charge < -0.3 is 18.9 Å². The lowest BCUT2D eigenvalue weighted by Crippen LogP contribution is -2.08. The minimum Gasteiger partial charge on any atom is -0.494 e. The molecule has 0 N–H and O–H groups in total. The van der Waals surface area contributed by atoms with E-state index in [4.69, 9.17) is 18.9 Å². The van der Waals surface area contributed by atoms with Crippen molar-refractivity contribution in [3.63, 3.8) is 0 Å². The third-order valence-corrected chi connectivity index (χ3v) is 8.45. The second kappa shape index (κ2) is 12.1. The molecule has 1 fully saturated rings. The molecule has 1 aliphatic carbocycles. The fourth-order valence-electron chi connectivity index (χ4n) is 5.37. The van der Waals surface area contributed by atoms with E-state index < -0.39 is 9.84 Å². The molecule has 5 rings (SSSR count). The van der Waals surface area contributed by atoms with Gasteiger partial charge in [-0.1, -0.05) is 12.1 Å². The Hall–Kier alpha value is -3.59. The van der Waals surface area contributed by atoms with Gasteiger partial charge in [-0.2, -0.15) is 0 Å². The van der Waals surface area contributed by atoms with Gasteiger partial charge in [0.25, 0.3) is 0 Å². The second-order valence-corrected chi connectivity index (χ2v) is 13.0. The van der Waals surface area contributed by atoms with Crippen LogP contribution in [0.4, 0.5) is 4.39 Å². The van der Waals surface area contributed by atoms with Gasteiger partial charge in [0.2, 0.25) is 0 Å². The summed E-state index contributed by atoms with van der Waals surface area (Å²) in [5.74, 6) is 0.941. The van der Waals surface area contributed by atoms with E-state index in [2.05, 4.69) is 0 Å². The van der Waals surface area contributed by atoms with Crippen molar-refractivity contribution in [2.75, 3.05) is 31.8 Å². The van der Waals surface area contributed by atoms with Crippen LogP contribution < -0.4 is 14.2 Å². The van der Waals surface area contributed by atoms with Crippen LogP contribution in [0, 0.1) is 18.7 Å². The Balaban J connectivity index is 1.27. The zero-order valence-electron chi connectivity index (χ0n) is 23.6. The number of carbonyl (C=O) groups is 1. The Morgan fingerprint density at radius 3 is 2.66 bits per heavy atom. The molecule has 1 heterocycles. The molecule has 1 aliphatic heterocycles. The van der Waals surface area contributed by atoms with Crippen LogP contribution in [0.5, 0.6) is 17.2 Å². The second-order valence-electron chi connectivity index (χ2n) is 10.7. The maximum Gasteiger partial charge on any atom is 0.309 e. The molecule has 1 saturated carbocycles. The molecule has 41 heavy (non-hydrogen) atoms. The Kier molecular flexibility index (Phi) is 8.54. The average molecular weight is 583 g/mol. The molecule has 0 spiro atoms. The van der Waals surface area contributed by atoms with Gasteiger partial charge in [-0.25, -0.2) is 12.8 Å². The molecule has 2 atom stereocenters. The molecular formula is C32H35FO7S. The largest absolute Gasteiger partial charge is 0.494 e. The van der Waals surface area contributed by atoms with Crippen molar-refractivity contribution in [2.24, 2.45) is 5.92 Å². The first-order chi connectivity index (χ1) is 19.6. The van der Waals surface area contributed by atoms with Gasteiger partial charge in [0, 0.05) is 30.2 Å². The molecule has 0 unspecified atom stereocenters. The van der Waals surface area contributed by atoms with Crippen LogP contribution in [0.2, 0.25) is 0 Å². The van der Waals surface area contributed by atoms with Crippen molar-refractivity contribution in [2.45, 2.75) is 45.6 Å². The number of esters is 1. The SMILES string of the molecule is CCOC(=O)[C@H]1C[C@@H]1c1ccc(OCc2ccc3c(c2)-c2c(C)cc(OCCCS(C)(=O)=O)cc2CCO3)cc1F. The lowest BCUT2D eigenvalue weighted by Gasteiger charge is -2.16. The van der Waals surface area contributed by atoms with Gasteiger partial charge >= 0.3 is 5.97 Å². The summed E-state index contributed by atoms with van der Waals surface area (Å²) in [7, 11) is -3.02. The third kappa shape index (κ3) is 7.01. The molecule has 7 nitrogen and oxygen atoms in total. The van der Waals surface area contributed by atoms with Crippen LogP contribution >= 0.6 is 0 Å². The van der Waals surface area contributed by atoms with Crippen LogP contribution in [-0.4, -0.2) is 46.2 Å². The number of aryl methyl sites for hydroxylation is 1. The van der Waals surface area contributed by atoms with Crippen LogP contribution in [0.3, 0.4) is 0 Å². The van der Waals surface area contributed by atoms with Gasteiger partial charge in [0.1, 0.15) is 39.5 Å². The molecule has 0 radical (unpaired) electrons. The normalized spacial score (nSPS) is 17.5. The number of sulfone groups is 1. The number of benzene rings is 3. The van der Waals surface area contributed by atoms with Gasteiger partial charge in [-0.3, -0.25) is 4.79 Å². The fraction of sp³-hybridized carbons (Fsp3) is 0.406. The molecule has 3 aromatic carbocycles. The Morgan fingerprint density at radius 1 is 1.07 bits per heavy atom. The highest BCUT2D eigenvalue weighted by atomic mass is 32.2. The van der Waals surface area contributed by atoms with Gasteiger partial charge in [0.05, 0.1) is 31.5 Å². The van der Waals surface area contributed by atoms with E-state index in [9.17, 15) is 17.6 Å². The minimum absolute atomic E-state index is 0.0935. The van der Waals surface area contributed by atoms with Crippen molar-refractivity contribution in [3.8, 4) is 28.4 Å². The average Bonchev–Trinajstić information content (AvgIpc) is 3.73. The molecule has 0 amide bonds. The maximum atomic E-state index is 14.9. The highest BCUT2D eigenvalue weighted by Gasteiger charge is 2.46. The molecule has 9 heteroatoms.